The third-order valence-electron chi connectivity index (χ3n) is 17.0. The molecule has 0 unspecified atom stereocenters. The molecule has 8 aromatic carbocycles. The minimum atomic E-state index is -0.0641. The van der Waals surface area contributed by atoms with Gasteiger partial charge in [0, 0.05) is 45.4 Å². The lowest BCUT2D eigenvalue weighted by atomic mass is 9.33. The maximum absolute atomic E-state index is 2.71. The van der Waals surface area contributed by atoms with Gasteiger partial charge in [-0.1, -0.05) is 193 Å². The van der Waals surface area contributed by atoms with Crippen LogP contribution in [0.5, 0.6) is 0 Å². The van der Waals surface area contributed by atoms with E-state index in [1.165, 1.54) is 101 Å². The van der Waals surface area contributed by atoms with E-state index in [0.717, 1.165) is 29.9 Å². The monoisotopic (exact) mass is 970 g/mol. The Kier molecular flexibility index (Phi) is 11.6. The first-order valence-electron chi connectivity index (χ1n) is 27.3. The Labute approximate surface area is 444 Å². The minimum Gasteiger partial charge on any atom is -0.311 e. The summed E-state index contributed by atoms with van der Waals surface area (Å²) in [5.74, 6) is 0. The first-order valence-corrected chi connectivity index (χ1v) is 27.3. The molecule has 2 heterocycles. The summed E-state index contributed by atoms with van der Waals surface area (Å²) in [5, 5.41) is 0. The zero-order valence-electron chi connectivity index (χ0n) is 46.9. The lowest BCUT2D eigenvalue weighted by Gasteiger charge is -2.48. The second-order valence-electron chi connectivity index (χ2n) is 26.3. The van der Waals surface area contributed by atoms with Crippen molar-refractivity contribution in [3.63, 3.8) is 0 Å². The molecule has 1 aliphatic carbocycles. The smallest absolute Gasteiger partial charge is 0.252 e. The molecule has 0 spiro atoms. The summed E-state index contributed by atoms with van der Waals surface area (Å²) in [6.07, 6.45) is 2.28. The number of anilines is 9. The summed E-state index contributed by atoms with van der Waals surface area (Å²) < 4.78 is 0. The van der Waals surface area contributed by atoms with Crippen LogP contribution in [0, 0.1) is 13.8 Å². The topological polar surface area (TPSA) is 9.72 Å². The zero-order valence-corrected chi connectivity index (χ0v) is 46.9. The Balaban J connectivity index is 1.35. The summed E-state index contributed by atoms with van der Waals surface area (Å²) in [6.45, 7) is 35.5. The normalized spacial score (nSPS) is 15.5. The second kappa shape index (κ2) is 17.4. The number of benzene rings is 8. The summed E-state index contributed by atoms with van der Waals surface area (Å²) in [5.41, 5.74) is 26.4. The molecule has 0 amide bonds. The van der Waals surface area contributed by atoms with E-state index in [1.54, 1.807) is 0 Å². The van der Waals surface area contributed by atoms with Crippen molar-refractivity contribution in [2.75, 3.05) is 14.7 Å². The molecule has 0 fully saturated rings. The van der Waals surface area contributed by atoms with Crippen molar-refractivity contribution in [1.82, 2.24) is 0 Å². The molecule has 0 atom stereocenters. The van der Waals surface area contributed by atoms with Crippen molar-refractivity contribution in [2.24, 2.45) is 0 Å². The quantitative estimate of drug-likeness (QED) is 0.154. The van der Waals surface area contributed by atoms with Gasteiger partial charge < -0.3 is 14.7 Å². The fourth-order valence-electron chi connectivity index (χ4n) is 12.4. The van der Waals surface area contributed by atoms with E-state index < -0.39 is 0 Å². The molecule has 2 aliphatic heterocycles. The molecule has 8 aromatic rings. The molecular weight excluding hydrogens is 894 g/mol. The SMILES string of the molecule is Cc1ccccc1N(c1cc2c3c(c1)N(c1ccc(C(C)(C)C)cc1-c1ccccc1)c1cc4c(cc1B3c1cc(C(C)(C)C)ccc1N2c1cccc(C(C)(C)C)c1)C(C)(C)CCC4(C)C)c1ccccc1C. The maximum atomic E-state index is 2.71. The number of aryl methyl sites for hydroxylation is 2. The van der Waals surface area contributed by atoms with Crippen LogP contribution in [0.15, 0.2) is 164 Å². The van der Waals surface area contributed by atoms with Gasteiger partial charge in [-0.3, -0.25) is 0 Å². The van der Waals surface area contributed by atoms with Gasteiger partial charge in [-0.05, 0) is 175 Å². The fourth-order valence-corrected chi connectivity index (χ4v) is 12.4. The van der Waals surface area contributed by atoms with Gasteiger partial charge in [0.05, 0.1) is 11.4 Å². The molecular formula is C70H76BN3. The van der Waals surface area contributed by atoms with E-state index in [0.29, 0.717) is 0 Å². The highest BCUT2D eigenvalue weighted by molar-refractivity contribution is 7.00. The first-order chi connectivity index (χ1) is 34.9. The van der Waals surface area contributed by atoms with E-state index in [9.17, 15) is 0 Å². The fraction of sp³-hybridized carbons (Fsp3) is 0.314. The average molecular weight is 970 g/mol. The van der Waals surface area contributed by atoms with E-state index >= 15 is 0 Å². The number of hydrogen-bond donors (Lipinski definition) is 0. The molecule has 3 aliphatic rings. The largest absolute Gasteiger partial charge is 0.311 e. The molecule has 4 heteroatoms. The van der Waals surface area contributed by atoms with Gasteiger partial charge in [-0.15, -0.1) is 0 Å². The number of para-hydroxylation sites is 2. The van der Waals surface area contributed by atoms with Crippen LogP contribution in [-0.4, -0.2) is 6.71 Å². The highest BCUT2D eigenvalue weighted by atomic mass is 15.2. The van der Waals surface area contributed by atoms with Crippen LogP contribution in [0.1, 0.15) is 142 Å². The van der Waals surface area contributed by atoms with Crippen molar-refractivity contribution in [3.8, 4) is 11.1 Å². The van der Waals surface area contributed by atoms with Crippen LogP contribution >= 0.6 is 0 Å². The van der Waals surface area contributed by atoms with Crippen molar-refractivity contribution in [2.45, 2.75) is 144 Å². The lowest BCUT2D eigenvalue weighted by molar-refractivity contribution is 0.332. The molecule has 3 nitrogen and oxygen atoms in total. The van der Waals surface area contributed by atoms with Crippen molar-refractivity contribution in [1.29, 1.82) is 0 Å². The second-order valence-corrected chi connectivity index (χ2v) is 26.3. The van der Waals surface area contributed by atoms with E-state index in [4.69, 9.17) is 0 Å². The van der Waals surface area contributed by atoms with Gasteiger partial charge in [0.1, 0.15) is 0 Å². The lowest BCUT2D eigenvalue weighted by Crippen LogP contribution is -2.62. The van der Waals surface area contributed by atoms with E-state index in [1.807, 2.05) is 0 Å². The predicted molar refractivity (Wildman–Crippen MR) is 321 cm³/mol. The van der Waals surface area contributed by atoms with Gasteiger partial charge in [-0.2, -0.15) is 0 Å². The van der Waals surface area contributed by atoms with Gasteiger partial charge >= 0.3 is 0 Å². The first kappa shape index (κ1) is 49.4. The van der Waals surface area contributed by atoms with E-state index in [2.05, 4.69) is 282 Å². The highest BCUT2D eigenvalue weighted by Crippen LogP contribution is 2.54. The van der Waals surface area contributed by atoms with Crippen LogP contribution in [0.2, 0.25) is 0 Å². The van der Waals surface area contributed by atoms with Crippen LogP contribution in [0.3, 0.4) is 0 Å². The Morgan fingerprint density at radius 3 is 1.51 bits per heavy atom. The minimum absolute atomic E-state index is 0.00695. The van der Waals surface area contributed by atoms with Crippen molar-refractivity contribution >= 4 is 74.3 Å². The molecule has 0 N–H and O–H groups in total. The van der Waals surface area contributed by atoms with Gasteiger partial charge in [-0.25, -0.2) is 0 Å². The van der Waals surface area contributed by atoms with Crippen LogP contribution in [0.4, 0.5) is 51.2 Å². The number of rotatable bonds is 6. The Morgan fingerprint density at radius 1 is 0.432 bits per heavy atom. The zero-order chi connectivity index (χ0) is 52.4. The third-order valence-corrected chi connectivity index (χ3v) is 17.0. The molecule has 0 saturated heterocycles. The van der Waals surface area contributed by atoms with Gasteiger partial charge in [0.15, 0.2) is 0 Å². The van der Waals surface area contributed by atoms with Crippen LogP contribution in [0.25, 0.3) is 11.1 Å². The molecule has 0 bridgehead atoms. The number of fused-ring (bicyclic) bond motifs is 5. The molecule has 0 radical (unpaired) electrons. The molecule has 0 saturated carbocycles. The van der Waals surface area contributed by atoms with Gasteiger partial charge in [0.25, 0.3) is 6.71 Å². The predicted octanol–water partition coefficient (Wildman–Crippen LogP) is 17.8. The van der Waals surface area contributed by atoms with Crippen molar-refractivity contribution < 1.29 is 0 Å². The maximum Gasteiger partial charge on any atom is 0.252 e. The van der Waals surface area contributed by atoms with Crippen LogP contribution < -0.4 is 31.1 Å². The molecule has 0 aromatic heterocycles. The molecule has 374 valence electrons. The van der Waals surface area contributed by atoms with Gasteiger partial charge in [0.2, 0.25) is 0 Å². The Hall–Kier alpha value is -6.78. The Bertz CT molecular complexity index is 3460. The Morgan fingerprint density at radius 2 is 0.932 bits per heavy atom. The van der Waals surface area contributed by atoms with Crippen molar-refractivity contribution in [3.05, 3.63) is 203 Å². The third kappa shape index (κ3) is 8.28. The summed E-state index contributed by atoms with van der Waals surface area (Å²) in [7, 11) is 0. The summed E-state index contributed by atoms with van der Waals surface area (Å²) >= 11 is 0. The van der Waals surface area contributed by atoms with E-state index in [-0.39, 0.29) is 33.8 Å². The average Bonchev–Trinajstić information content (AvgIpc) is 3.35. The molecule has 74 heavy (non-hydrogen) atoms. The highest BCUT2D eigenvalue weighted by Gasteiger charge is 2.48. The molecule has 11 rings (SSSR count). The van der Waals surface area contributed by atoms with Crippen LogP contribution in [-0.2, 0) is 27.1 Å². The number of hydrogen-bond acceptors (Lipinski definition) is 3. The summed E-state index contributed by atoms with van der Waals surface area (Å²) in [6, 6.07) is 63.5. The number of nitrogens with zero attached hydrogens (tertiary/aromatic N) is 3. The summed E-state index contributed by atoms with van der Waals surface area (Å²) in [4.78, 5) is 7.86. The standard InChI is InChI=1S/C70H76BN3/c1-45-24-19-21-30-58(45)73(59-31-22-20-25-46(59)2)52-41-63-65-64(42-52)74(60-34-32-49(67(6,7)8)39-53(60)47-26-17-16-18-27-47)62-44-55-54(69(12,13)36-37-70(55,14)15)43-57(62)71(65)56-40-50(68(9,10)11)33-35-61(56)72(63)51-29-23-28-48(38-51)66(3,4)5/h16-35,38-44H,36-37H2,1-15H3.